The Bertz CT molecular complexity index is 3060. The fourth-order valence-corrected chi connectivity index (χ4v) is 11.8. The molecule has 2 aromatic carbocycles. The Morgan fingerprint density at radius 3 is 1.34 bits per heavy atom. The lowest BCUT2D eigenvalue weighted by Gasteiger charge is -2.35. The van der Waals surface area contributed by atoms with Gasteiger partial charge in [0, 0.05) is 105 Å². The Morgan fingerprint density at radius 2 is 0.962 bits per heavy atom. The third-order valence-electron chi connectivity index (χ3n) is 15.4. The van der Waals surface area contributed by atoms with Crippen molar-refractivity contribution in [1.29, 1.82) is 0 Å². The highest BCUT2D eigenvalue weighted by Crippen LogP contribution is 2.55. The van der Waals surface area contributed by atoms with Crippen LogP contribution in [-0.4, -0.2) is 148 Å². The van der Waals surface area contributed by atoms with Gasteiger partial charge in [0.1, 0.15) is 11.6 Å². The minimum atomic E-state index is -3.74. The number of rotatable bonds is 14. The highest BCUT2D eigenvalue weighted by Gasteiger charge is 2.46. The van der Waals surface area contributed by atoms with Crippen LogP contribution in [0.25, 0.3) is 0 Å². The highest BCUT2D eigenvalue weighted by atomic mass is 127. The Morgan fingerprint density at radius 1 is 0.570 bits per heavy atom. The summed E-state index contributed by atoms with van der Waals surface area (Å²) in [5.41, 5.74) is 5.11. The number of piperidine rings is 4. The maximum Gasteiger partial charge on any atom is 0.258 e. The zero-order chi connectivity index (χ0) is 57.0. The van der Waals surface area contributed by atoms with Gasteiger partial charge in [-0.15, -0.1) is 0 Å². The third kappa shape index (κ3) is 16.7. The number of hydrogen-bond acceptors (Lipinski definition) is 16. The monoisotopic (exact) mass is 1260 g/mol. The van der Waals surface area contributed by atoms with Crippen molar-refractivity contribution in [2.45, 2.75) is 103 Å². The maximum absolute atomic E-state index is 13.6. The number of amides is 2. The largest absolute Gasteiger partial charge is 0.395 e. The van der Waals surface area contributed by atoms with E-state index in [0.717, 1.165) is 48.3 Å². The number of halogens is 5. The number of nitrogens with two attached hydrogens (primary N) is 1. The van der Waals surface area contributed by atoms with Crippen molar-refractivity contribution in [3.05, 3.63) is 74.6 Å². The second-order valence-electron chi connectivity index (χ2n) is 21.6. The number of alkyl halides is 4. The van der Waals surface area contributed by atoms with Gasteiger partial charge in [0.05, 0.1) is 52.9 Å². The molecule has 4 saturated heterocycles. The van der Waals surface area contributed by atoms with E-state index in [0.29, 0.717) is 62.4 Å². The van der Waals surface area contributed by atoms with Crippen molar-refractivity contribution in [2.24, 2.45) is 16.0 Å². The molecule has 2 amide bonds. The van der Waals surface area contributed by atoms with E-state index in [1.54, 1.807) is 41.0 Å². The number of benzene rings is 2. The van der Waals surface area contributed by atoms with Gasteiger partial charge in [-0.1, -0.05) is 0 Å². The number of aromatic nitrogens is 4. The minimum Gasteiger partial charge on any atom is -0.395 e. The molecule has 7 N–H and O–H groups in total. The average Bonchev–Trinajstić information content (AvgIpc) is 4.33. The summed E-state index contributed by atoms with van der Waals surface area (Å²) in [4.78, 5) is 52.4. The maximum atomic E-state index is 13.6. The van der Waals surface area contributed by atoms with Crippen molar-refractivity contribution in [2.75, 3.05) is 112 Å². The molecule has 2 aliphatic carbocycles. The van der Waals surface area contributed by atoms with E-state index < -0.39 is 56.8 Å². The van der Waals surface area contributed by atoms with Gasteiger partial charge in [-0.05, 0) is 135 Å². The van der Waals surface area contributed by atoms with Gasteiger partial charge < -0.3 is 40.4 Å². The van der Waals surface area contributed by atoms with Gasteiger partial charge in [0.25, 0.3) is 23.7 Å². The van der Waals surface area contributed by atoms with Crippen LogP contribution in [-0.2, 0) is 20.0 Å². The van der Waals surface area contributed by atoms with Gasteiger partial charge in [-0.25, -0.2) is 49.5 Å². The number of carbonyl (C=O) groups excluding carboxylic acids is 2. The number of sulfonamides is 2. The smallest absolute Gasteiger partial charge is 0.258 e. The molecule has 0 radical (unpaired) electrons. The first kappa shape index (κ1) is 59.9. The molecule has 2 aromatic heterocycles. The van der Waals surface area contributed by atoms with Crippen LogP contribution in [0.4, 0.5) is 58.2 Å². The van der Waals surface area contributed by atoms with Crippen molar-refractivity contribution in [3.8, 4) is 0 Å². The predicted octanol–water partition coefficient (Wildman–Crippen LogP) is 6.91. The molecule has 432 valence electrons. The zero-order valence-corrected chi connectivity index (χ0v) is 48.1. The van der Waals surface area contributed by atoms with E-state index in [9.17, 15) is 44.0 Å². The van der Waals surface area contributed by atoms with Crippen molar-refractivity contribution >= 4 is 95.0 Å². The number of carbonyl (C=O) groups is 2. The molecular formula is C52H69F4IN12O8S2. The summed E-state index contributed by atoms with van der Waals surface area (Å²) < 4.78 is 102. The van der Waals surface area contributed by atoms with Gasteiger partial charge in [0.2, 0.25) is 31.9 Å². The quantitative estimate of drug-likeness (QED) is 0.0553. The second kappa shape index (κ2) is 24.5. The molecule has 2 saturated carbocycles. The van der Waals surface area contributed by atoms with Crippen LogP contribution < -0.4 is 40.1 Å². The van der Waals surface area contributed by atoms with E-state index in [2.05, 4.69) is 78.9 Å². The Balaban J connectivity index is 0.000000188. The molecule has 4 aromatic rings. The molecule has 0 atom stereocenters. The van der Waals surface area contributed by atoms with Crippen LogP contribution in [0.5, 0.6) is 0 Å². The van der Waals surface area contributed by atoms with E-state index in [-0.39, 0.29) is 69.3 Å². The van der Waals surface area contributed by atoms with Crippen LogP contribution in [0.2, 0.25) is 0 Å². The van der Waals surface area contributed by atoms with Crippen molar-refractivity contribution < 1.29 is 54.2 Å². The first-order valence-electron chi connectivity index (χ1n) is 26.5. The molecule has 0 unspecified atom stereocenters. The van der Waals surface area contributed by atoms with E-state index in [4.69, 9.17) is 10.2 Å². The lowest BCUT2D eigenvalue weighted by Crippen LogP contribution is -2.40. The highest BCUT2D eigenvalue weighted by molar-refractivity contribution is 14.1. The fraction of sp³-hybridized carbons (Fsp3) is 0.577. The van der Waals surface area contributed by atoms with Crippen LogP contribution in [0.3, 0.4) is 0 Å². The van der Waals surface area contributed by atoms with E-state index in [1.807, 2.05) is 19.1 Å². The topological polar surface area (TPSA) is 270 Å². The number of aryl methyl sites for hydroxylation is 2. The Labute approximate surface area is 472 Å². The molecule has 6 heterocycles. The third-order valence-corrected chi connectivity index (χ3v) is 18.1. The normalized spacial score (nSPS) is 19.8. The fourth-order valence-electron chi connectivity index (χ4n) is 10.2. The Hall–Kier alpha value is -5.23. The summed E-state index contributed by atoms with van der Waals surface area (Å²) in [7, 11) is -7.16. The van der Waals surface area contributed by atoms with Gasteiger partial charge >= 0.3 is 0 Å². The Kier molecular flexibility index (Phi) is 18.5. The first-order chi connectivity index (χ1) is 37.2. The van der Waals surface area contributed by atoms with Gasteiger partial charge in [-0.2, -0.15) is 9.97 Å². The standard InChI is InChI=1S/C26H34F2N6O4S.C24H28F2IN5O.C2H7NO3S/c1-18-16-22(31-24(29-18)34-12-8-26(27,28)9-13-34)30-23(36)20-3-2-19(32-39(37,38)15-14-35)17-21(20)33-10-6-25(4-5-25)7-11-33;1-16-14-20(30-22(28-16)32-12-8-24(25,26)9-13-32)29-21(33)18-3-2-17(27)15-19(18)31-10-6-23(4-5-23)7-11-31;3-7(5,6)2-1-4/h2-3,16-17,32,35H,4-15H2,1H3,(H,29,30,31,36);2-3,14-15H,4-13H2,1H3,(H,28,29,30,33);4H,1-2H2,(H2,3,5,6). The lowest BCUT2D eigenvalue weighted by atomic mass is 9.93. The molecule has 20 nitrogen and oxygen atoms in total. The molecule has 79 heavy (non-hydrogen) atoms. The predicted molar refractivity (Wildman–Crippen MR) is 304 cm³/mol. The van der Waals surface area contributed by atoms with Crippen molar-refractivity contribution in [1.82, 2.24) is 19.9 Å². The summed E-state index contributed by atoms with van der Waals surface area (Å²) in [5, 5.41) is 27.2. The molecule has 6 aliphatic rings. The van der Waals surface area contributed by atoms with Crippen LogP contribution in [0.15, 0.2) is 48.5 Å². The summed E-state index contributed by atoms with van der Waals surface area (Å²) >= 11 is 2.28. The lowest BCUT2D eigenvalue weighted by molar-refractivity contribution is -0.0229. The number of aliphatic hydroxyl groups excluding tert-OH is 2. The molecule has 27 heteroatoms. The summed E-state index contributed by atoms with van der Waals surface area (Å²) in [6.07, 6.45) is 8.53. The van der Waals surface area contributed by atoms with Crippen LogP contribution in [0.1, 0.15) is 109 Å². The summed E-state index contributed by atoms with van der Waals surface area (Å²) in [6, 6.07) is 14.0. The second-order valence-corrected chi connectivity index (χ2v) is 26.4. The van der Waals surface area contributed by atoms with E-state index >= 15 is 0 Å². The number of hydrogen-bond donors (Lipinski definition) is 6. The SMILES string of the molecule is Cc1cc(NC(=O)c2ccc(I)cc2N2CCC3(CC2)CC3)nc(N2CCC(F)(F)CC2)n1.Cc1cc(NC(=O)c2ccc(NS(=O)(=O)CCO)cc2N2CCC3(CC2)CC3)nc(N2CCC(F)(F)CC2)n1.NS(=O)(=O)CCO. The first-order valence-corrected chi connectivity index (χ1v) is 31.0. The molecule has 10 rings (SSSR count). The van der Waals surface area contributed by atoms with Crippen LogP contribution in [0, 0.1) is 28.2 Å². The number of anilines is 7. The minimum absolute atomic E-state index is 0.123. The summed E-state index contributed by atoms with van der Waals surface area (Å²) in [5.74, 6) is -5.43. The average molecular weight is 1260 g/mol. The summed E-state index contributed by atoms with van der Waals surface area (Å²) in [6.45, 7) is 6.74. The molecule has 2 spiro atoms. The van der Waals surface area contributed by atoms with Gasteiger partial charge in [0.15, 0.2) is 0 Å². The number of nitrogens with one attached hydrogen (secondary N) is 3. The van der Waals surface area contributed by atoms with E-state index in [1.165, 1.54) is 44.6 Å². The molecular weight excluding hydrogens is 1190 g/mol. The number of aliphatic hydroxyl groups is 2. The molecule has 4 aliphatic heterocycles. The molecule has 6 fully saturated rings. The zero-order valence-electron chi connectivity index (χ0n) is 44.3. The van der Waals surface area contributed by atoms with Crippen LogP contribution >= 0.6 is 22.6 Å². The van der Waals surface area contributed by atoms with Crippen molar-refractivity contribution in [3.63, 3.8) is 0 Å². The number of primary sulfonamides is 1. The number of nitrogens with zero attached hydrogens (tertiary/aromatic N) is 8. The van der Waals surface area contributed by atoms with Gasteiger partial charge in [-0.3, -0.25) is 14.3 Å². The molecule has 0 bridgehead atoms.